The molecule has 2 aromatic carbocycles. The van der Waals surface area contributed by atoms with Crippen LogP contribution in [0.1, 0.15) is 42.1 Å². The number of fused-ring (bicyclic) bond motifs is 1. The Morgan fingerprint density at radius 3 is 2.61 bits per heavy atom. The van der Waals surface area contributed by atoms with Gasteiger partial charge in [-0.2, -0.15) is 9.65 Å². The highest BCUT2D eigenvalue weighted by Crippen LogP contribution is 2.32. The number of piperidine rings is 1. The molecule has 5 rings (SSSR count). The number of aromatic nitrogens is 3. The van der Waals surface area contributed by atoms with E-state index < -0.39 is 17.7 Å². The summed E-state index contributed by atoms with van der Waals surface area (Å²) < 4.78 is 36.9. The average molecular weight is 606 g/mol. The number of carbonyl (C=O) groups excluding carboxylic acids is 1. The average Bonchev–Trinajstić information content (AvgIpc) is 3.47. The summed E-state index contributed by atoms with van der Waals surface area (Å²) in [6, 6.07) is 10.1. The molecule has 2 aromatic heterocycles. The molecule has 11 nitrogen and oxygen atoms in total. The van der Waals surface area contributed by atoms with Crippen molar-refractivity contribution in [3.8, 4) is 23.1 Å². The molecule has 3 heterocycles. The van der Waals surface area contributed by atoms with Gasteiger partial charge >= 0.3 is 0 Å². The minimum atomic E-state index is -1.17. The number of hydrogen-bond donors (Lipinski definition) is 3. The molecule has 1 saturated heterocycles. The van der Waals surface area contributed by atoms with Crippen molar-refractivity contribution in [2.24, 2.45) is 11.7 Å². The summed E-state index contributed by atoms with van der Waals surface area (Å²) in [5, 5.41) is 19.2. The van der Waals surface area contributed by atoms with Gasteiger partial charge in [0, 0.05) is 42.3 Å². The van der Waals surface area contributed by atoms with Crippen molar-refractivity contribution >= 4 is 29.5 Å². The summed E-state index contributed by atoms with van der Waals surface area (Å²) in [7, 11) is 0. The number of nitrogens with one attached hydrogen (secondary N) is 1. The molecule has 0 bridgehead atoms. The molecule has 1 amide bonds. The van der Waals surface area contributed by atoms with E-state index in [0.717, 1.165) is 18.4 Å². The van der Waals surface area contributed by atoms with E-state index >= 15 is 4.39 Å². The van der Waals surface area contributed by atoms with Crippen molar-refractivity contribution < 1.29 is 28.2 Å². The van der Waals surface area contributed by atoms with Gasteiger partial charge in [-0.25, -0.2) is 14.4 Å². The molecule has 4 aromatic rings. The first-order valence-corrected chi connectivity index (χ1v) is 14.1. The molecule has 0 spiro atoms. The highest BCUT2D eigenvalue weighted by molar-refractivity contribution is 5.96. The standard InChI is InChI=1S/C30H31F2N7O2.CH2O2/c1-3-21(16-34)41-25-7-6-23(26(31)27(25)32)24-17-36-29-28(35-10-13-39(24)29)37-20-4-5-22(18(2)14-20)30(40)38-11-8-19(15-33)9-12-38;2-1-3/h4-7,10,13-14,17,19,21H,3,8-9,11-12,15,33H2,1-2H3,(H,35,37);1H,(H,2,3). The summed E-state index contributed by atoms with van der Waals surface area (Å²) in [4.78, 5) is 32.2. The summed E-state index contributed by atoms with van der Waals surface area (Å²) in [5.41, 5.74) is 8.64. The van der Waals surface area contributed by atoms with E-state index in [1.54, 1.807) is 29.7 Å². The largest absolute Gasteiger partial charge is 0.483 e. The Morgan fingerprint density at radius 1 is 1.25 bits per heavy atom. The summed E-state index contributed by atoms with van der Waals surface area (Å²) in [6.07, 6.45) is 5.85. The zero-order valence-corrected chi connectivity index (χ0v) is 24.3. The number of carbonyl (C=O) groups is 2. The lowest BCUT2D eigenvalue weighted by Gasteiger charge is -2.31. The van der Waals surface area contributed by atoms with Crippen molar-refractivity contribution in [3.05, 3.63) is 71.7 Å². The fourth-order valence-electron chi connectivity index (χ4n) is 5.04. The third kappa shape index (κ3) is 6.76. The topological polar surface area (TPSA) is 159 Å². The lowest BCUT2D eigenvalue weighted by Crippen LogP contribution is -2.40. The number of anilines is 2. The van der Waals surface area contributed by atoms with Gasteiger partial charge in [0.25, 0.3) is 12.4 Å². The van der Waals surface area contributed by atoms with Crippen LogP contribution in [0.5, 0.6) is 5.75 Å². The van der Waals surface area contributed by atoms with Crippen molar-refractivity contribution in [2.75, 3.05) is 25.0 Å². The van der Waals surface area contributed by atoms with Crippen molar-refractivity contribution in [1.29, 1.82) is 5.26 Å². The number of nitrogens with two attached hydrogens (primary N) is 1. The third-order valence-electron chi connectivity index (χ3n) is 7.49. The highest BCUT2D eigenvalue weighted by atomic mass is 19.2. The Morgan fingerprint density at radius 2 is 1.98 bits per heavy atom. The van der Waals surface area contributed by atoms with Crippen LogP contribution >= 0.6 is 0 Å². The van der Waals surface area contributed by atoms with Crippen LogP contribution in [0.15, 0.2) is 48.9 Å². The number of ether oxygens (including phenoxy) is 1. The van der Waals surface area contributed by atoms with Crippen molar-refractivity contribution in [2.45, 2.75) is 39.2 Å². The predicted octanol–water partition coefficient (Wildman–Crippen LogP) is 4.92. The molecule has 0 saturated carbocycles. The van der Waals surface area contributed by atoms with E-state index in [1.165, 1.54) is 24.5 Å². The maximum absolute atomic E-state index is 15.1. The molecule has 1 aliphatic rings. The zero-order valence-electron chi connectivity index (χ0n) is 24.3. The number of nitrogens with zero attached hydrogens (tertiary/aromatic N) is 5. The Labute approximate surface area is 252 Å². The fourth-order valence-corrected chi connectivity index (χ4v) is 5.04. The number of aryl methyl sites for hydroxylation is 1. The fraction of sp³-hybridized carbons (Fsp3) is 0.323. The van der Waals surface area contributed by atoms with E-state index in [0.29, 0.717) is 60.4 Å². The van der Waals surface area contributed by atoms with E-state index in [9.17, 15) is 9.18 Å². The molecule has 1 atom stereocenters. The van der Waals surface area contributed by atoms with Crippen molar-refractivity contribution in [3.63, 3.8) is 0 Å². The molecule has 0 radical (unpaired) electrons. The molecular weight excluding hydrogens is 572 g/mol. The van der Waals surface area contributed by atoms with Crippen LogP contribution < -0.4 is 15.8 Å². The van der Waals surface area contributed by atoms with Crippen LogP contribution in [0, 0.1) is 35.8 Å². The molecule has 230 valence electrons. The monoisotopic (exact) mass is 605 g/mol. The molecule has 44 heavy (non-hydrogen) atoms. The molecule has 1 fully saturated rings. The molecule has 13 heteroatoms. The van der Waals surface area contributed by atoms with Crippen LogP contribution in [-0.2, 0) is 4.79 Å². The first-order chi connectivity index (χ1) is 21.3. The Kier molecular flexibility index (Phi) is 10.4. The smallest absolute Gasteiger partial charge is 0.290 e. The second-order valence-electron chi connectivity index (χ2n) is 10.2. The number of rotatable bonds is 8. The molecule has 0 aliphatic carbocycles. The Balaban J connectivity index is 0.00000141. The third-order valence-corrected chi connectivity index (χ3v) is 7.49. The van der Waals surface area contributed by atoms with Crippen LogP contribution in [-0.4, -0.2) is 62.5 Å². The zero-order chi connectivity index (χ0) is 31.8. The maximum atomic E-state index is 15.1. The van der Waals surface area contributed by atoms with Gasteiger partial charge in [0.05, 0.1) is 11.9 Å². The van der Waals surface area contributed by atoms with Crippen LogP contribution in [0.3, 0.4) is 0 Å². The second kappa shape index (κ2) is 14.4. The summed E-state index contributed by atoms with van der Waals surface area (Å²) >= 11 is 0. The summed E-state index contributed by atoms with van der Waals surface area (Å²) in [6.45, 7) is 5.41. The number of likely N-dealkylation sites (tertiary alicyclic amines) is 1. The quantitative estimate of drug-likeness (QED) is 0.237. The number of benzene rings is 2. The van der Waals surface area contributed by atoms with Gasteiger partial charge in [0.15, 0.2) is 29.1 Å². The van der Waals surface area contributed by atoms with Gasteiger partial charge in [-0.15, -0.1) is 0 Å². The van der Waals surface area contributed by atoms with Gasteiger partial charge in [0.1, 0.15) is 6.07 Å². The van der Waals surface area contributed by atoms with Gasteiger partial charge in [-0.3, -0.25) is 14.0 Å². The maximum Gasteiger partial charge on any atom is 0.290 e. The number of carboxylic acid groups (broad SMARTS) is 1. The molecule has 1 unspecified atom stereocenters. The Hall–Kier alpha value is -5.09. The van der Waals surface area contributed by atoms with Gasteiger partial charge in [-0.1, -0.05) is 6.92 Å². The van der Waals surface area contributed by atoms with E-state index in [1.807, 2.05) is 24.0 Å². The van der Waals surface area contributed by atoms with Gasteiger partial charge in [-0.05, 0) is 74.5 Å². The van der Waals surface area contributed by atoms with Crippen LogP contribution in [0.2, 0.25) is 0 Å². The van der Waals surface area contributed by atoms with Gasteiger partial charge in [0.2, 0.25) is 5.82 Å². The first kappa shape index (κ1) is 31.8. The lowest BCUT2D eigenvalue weighted by molar-refractivity contribution is -0.122. The van der Waals surface area contributed by atoms with Crippen LogP contribution in [0.25, 0.3) is 16.9 Å². The first-order valence-electron chi connectivity index (χ1n) is 14.1. The minimum absolute atomic E-state index is 0.00571. The minimum Gasteiger partial charge on any atom is -0.483 e. The number of imidazole rings is 1. The highest BCUT2D eigenvalue weighted by Gasteiger charge is 2.24. The normalized spacial score (nSPS) is 13.9. The van der Waals surface area contributed by atoms with E-state index in [-0.39, 0.29) is 23.7 Å². The number of hydrogen-bond acceptors (Lipinski definition) is 8. The SMILES string of the molecule is CCC(C#N)Oc1ccc(-c2cnc3c(Nc4ccc(C(=O)N5CCC(CN)CC5)c(C)c4)nccn23)c(F)c1F.O=CO. The Bertz CT molecular complexity index is 1680. The van der Waals surface area contributed by atoms with Crippen LogP contribution in [0.4, 0.5) is 20.3 Å². The van der Waals surface area contributed by atoms with Crippen molar-refractivity contribution in [1.82, 2.24) is 19.3 Å². The number of halogens is 2. The second-order valence-corrected chi connectivity index (χ2v) is 10.2. The lowest BCUT2D eigenvalue weighted by atomic mass is 9.96. The number of amides is 1. The van der Waals surface area contributed by atoms with Gasteiger partial charge < -0.3 is 25.8 Å². The number of nitriles is 1. The van der Waals surface area contributed by atoms with E-state index in [2.05, 4.69) is 15.3 Å². The molecule has 1 aliphatic heterocycles. The summed E-state index contributed by atoms with van der Waals surface area (Å²) in [5.74, 6) is -1.72. The molecule has 4 N–H and O–H groups in total. The van der Waals surface area contributed by atoms with E-state index in [4.69, 9.17) is 25.6 Å². The molecular formula is C31H33F2N7O4. The predicted molar refractivity (Wildman–Crippen MR) is 159 cm³/mol.